The number of sulfonamides is 1. The Morgan fingerprint density at radius 2 is 1.76 bits per heavy atom. The summed E-state index contributed by atoms with van der Waals surface area (Å²) in [4.78, 5) is 3.65. The molecule has 1 aromatic heterocycles. The predicted octanol–water partition coefficient (Wildman–Crippen LogP) is 1.21. The van der Waals surface area contributed by atoms with Crippen molar-refractivity contribution in [3.63, 3.8) is 0 Å². The average Bonchev–Trinajstić information content (AvgIpc) is 2.74. The van der Waals surface area contributed by atoms with Gasteiger partial charge in [0.25, 0.3) is 20.2 Å². The van der Waals surface area contributed by atoms with Gasteiger partial charge in [0.2, 0.25) is 0 Å². The van der Waals surface area contributed by atoms with Crippen LogP contribution in [0, 0.1) is 0 Å². The zero-order valence-electron chi connectivity index (χ0n) is 10.1. The summed E-state index contributed by atoms with van der Waals surface area (Å²) < 4.78 is 50.3. The van der Waals surface area contributed by atoms with E-state index >= 15 is 0 Å². The van der Waals surface area contributed by atoms with E-state index in [1.165, 1.54) is 24.3 Å². The zero-order chi connectivity index (χ0) is 15.7. The van der Waals surface area contributed by atoms with E-state index in [0.717, 1.165) is 17.5 Å². The molecule has 4 N–H and O–H groups in total. The first kappa shape index (κ1) is 16.0. The second-order valence-electron chi connectivity index (χ2n) is 3.77. The SMILES string of the molecule is NS(=O)(=O)Nc1cccc(NS(=O)(=O)c2cnc(Cl)s2)c1. The van der Waals surface area contributed by atoms with Crippen LogP contribution in [-0.4, -0.2) is 21.8 Å². The van der Waals surface area contributed by atoms with Crippen LogP contribution >= 0.6 is 22.9 Å². The van der Waals surface area contributed by atoms with Crippen molar-refractivity contribution in [1.82, 2.24) is 4.98 Å². The monoisotopic (exact) mass is 368 g/mol. The van der Waals surface area contributed by atoms with Gasteiger partial charge in [-0.15, -0.1) is 0 Å². The normalized spacial score (nSPS) is 12.1. The molecule has 2 rings (SSSR count). The second-order valence-corrected chi connectivity index (χ2v) is 8.58. The Hall–Kier alpha value is -1.40. The third-order valence-electron chi connectivity index (χ3n) is 2.10. The van der Waals surface area contributed by atoms with Crippen LogP contribution in [0.3, 0.4) is 0 Å². The third-order valence-corrected chi connectivity index (χ3v) is 5.57. The Bertz CT molecular complexity index is 863. The van der Waals surface area contributed by atoms with Crippen molar-refractivity contribution in [2.24, 2.45) is 5.14 Å². The topological polar surface area (TPSA) is 131 Å². The Morgan fingerprint density at radius 3 is 2.29 bits per heavy atom. The highest BCUT2D eigenvalue weighted by Gasteiger charge is 2.18. The van der Waals surface area contributed by atoms with Gasteiger partial charge < -0.3 is 0 Å². The van der Waals surface area contributed by atoms with Crippen molar-refractivity contribution in [3.8, 4) is 0 Å². The Morgan fingerprint density at radius 1 is 1.14 bits per heavy atom. The number of hydrogen-bond acceptors (Lipinski definition) is 6. The number of hydrogen-bond donors (Lipinski definition) is 3. The highest BCUT2D eigenvalue weighted by Crippen LogP contribution is 2.25. The Balaban J connectivity index is 2.26. The van der Waals surface area contributed by atoms with Crippen LogP contribution in [-0.2, 0) is 20.2 Å². The molecule has 0 aliphatic heterocycles. The third kappa shape index (κ3) is 4.54. The molecular formula is C9H9ClN4O4S3. The molecule has 0 atom stereocenters. The fourth-order valence-corrected chi connectivity index (χ4v) is 4.18. The van der Waals surface area contributed by atoms with Crippen LogP contribution in [0.1, 0.15) is 0 Å². The summed E-state index contributed by atoms with van der Waals surface area (Å²) in [5.74, 6) is 0. The predicted molar refractivity (Wildman–Crippen MR) is 81.1 cm³/mol. The van der Waals surface area contributed by atoms with Gasteiger partial charge in [0.15, 0.2) is 8.68 Å². The molecule has 21 heavy (non-hydrogen) atoms. The van der Waals surface area contributed by atoms with Gasteiger partial charge in [-0.1, -0.05) is 29.0 Å². The fraction of sp³-hybridized carbons (Fsp3) is 0. The minimum Gasteiger partial charge on any atom is -0.279 e. The van der Waals surface area contributed by atoms with E-state index in [4.69, 9.17) is 16.7 Å². The summed E-state index contributed by atoms with van der Waals surface area (Å²) in [6.07, 6.45) is 1.13. The van der Waals surface area contributed by atoms with Gasteiger partial charge in [-0.3, -0.25) is 9.44 Å². The lowest BCUT2D eigenvalue weighted by Crippen LogP contribution is -2.21. The molecule has 0 amide bonds. The molecule has 0 radical (unpaired) electrons. The van der Waals surface area contributed by atoms with Crippen molar-refractivity contribution < 1.29 is 16.8 Å². The van der Waals surface area contributed by atoms with Crippen LogP contribution in [0.15, 0.2) is 34.7 Å². The number of halogens is 1. The van der Waals surface area contributed by atoms with Crippen LogP contribution in [0.2, 0.25) is 4.47 Å². The lowest BCUT2D eigenvalue weighted by molar-refractivity contribution is 0.601. The standard InChI is InChI=1S/C9H9ClN4O4S3/c10-9-12-5-8(19-9)20(15,16)13-6-2-1-3-7(4-6)14-21(11,17)18/h1-5,13-14H,(H2,11,17,18). The van der Waals surface area contributed by atoms with Crippen LogP contribution in [0.25, 0.3) is 0 Å². The summed E-state index contributed by atoms with van der Waals surface area (Å²) in [6.45, 7) is 0. The molecule has 114 valence electrons. The molecule has 0 fully saturated rings. The van der Waals surface area contributed by atoms with Gasteiger partial charge in [0, 0.05) is 0 Å². The number of aromatic nitrogens is 1. The van der Waals surface area contributed by atoms with Gasteiger partial charge in [0.1, 0.15) is 0 Å². The molecule has 0 spiro atoms. The maximum absolute atomic E-state index is 12.0. The van der Waals surface area contributed by atoms with Gasteiger partial charge in [0.05, 0.1) is 17.6 Å². The number of rotatable bonds is 5. The summed E-state index contributed by atoms with van der Waals surface area (Å²) >= 11 is 6.39. The van der Waals surface area contributed by atoms with E-state index in [1.54, 1.807) is 0 Å². The highest BCUT2D eigenvalue weighted by molar-refractivity contribution is 7.94. The molecule has 0 unspecified atom stereocenters. The van der Waals surface area contributed by atoms with E-state index in [-0.39, 0.29) is 20.1 Å². The fourth-order valence-electron chi connectivity index (χ4n) is 1.38. The maximum atomic E-state index is 12.0. The van der Waals surface area contributed by atoms with Crippen LogP contribution in [0.4, 0.5) is 11.4 Å². The number of anilines is 2. The summed E-state index contributed by atoms with van der Waals surface area (Å²) in [5, 5.41) is 4.84. The molecule has 0 aliphatic rings. The average molecular weight is 369 g/mol. The first-order chi connectivity index (χ1) is 9.66. The molecular weight excluding hydrogens is 360 g/mol. The summed E-state index contributed by atoms with van der Waals surface area (Å²) in [7, 11) is -7.78. The number of benzene rings is 1. The molecule has 1 aromatic carbocycles. The smallest absolute Gasteiger partial charge is 0.279 e. The van der Waals surface area contributed by atoms with E-state index in [0.29, 0.717) is 0 Å². The van der Waals surface area contributed by atoms with Gasteiger partial charge in [-0.25, -0.2) is 18.5 Å². The van der Waals surface area contributed by atoms with Crippen molar-refractivity contribution in [3.05, 3.63) is 34.9 Å². The lowest BCUT2D eigenvalue weighted by atomic mass is 10.3. The van der Waals surface area contributed by atoms with Crippen molar-refractivity contribution in [1.29, 1.82) is 0 Å². The van der Waals surface area contributed by atoms with E-state index in [9.17, 15) is 16.8 Å². The first-order valence-electron chi connectivity index (χ1n) is 5.20. The largest absolute Gasteiger partial charge is 0.296 e. The molecule has 0 saturated carbocycles. The molecule has 0 saturated heterocycles. The van der Waals surface area contributed by atoms with E-state index < -0.39 is 20.2 Å². The van der Waals surface area contributed by atoms with Crippen molar-refractivity contribution in [2.75, 3.05) is 9.44 Å². The quantitative estimate of drug-likeness (QED) is 0.729. The number of nitrogens with one attached hydrogen (secondary N) is 2. The number of nitrogens with two attached hydrogens (primary N) is 1. The van der Waals surface area contributed by atoms with E-state index in [2.05, 4.69) is 9.71 Å². The molecule has 0 aliphatic carbocycles. The minimum absolute atomic E-state index is 0.0580. The number of nitrogens with zero attached hydrogens (tertiary/aromatic N) is 1. The molecule has 2 aromatic rings. The Labute approximate surface area is 130 Å². The summed E-state index contributed by atoms with van der Waals surface area (Å²) in [6, 6.07) is 5.62. The van der Waals surface area contributed by atoms with Crippen molar-refractivity contribution in [2.45, 2.75) is 4.21 Å². The Kier molecular flexibility index (Phi) is 4.39. The highest BCUT2D eigenvalue weighted by atomic mass is 35.5. The zero-order valence-corrected chi connectivity index (χ0v) is 13.4. The van der Waals surface area contributed by atoms with Gasteiger partial charge in [-0.05, 0) is 18.2 Å². The minimum atomic E-state index is -3.94. The molecule has 12 heteroatoms. The van der Waals surface area contributed by atoms with E-state index in [1.807, 2.05) is 4.72 Å². The van der Waals surface area contributed by atoms with Crippen LogP contribution < -0.4 is 14.6 Å². The maximum Gasteiger partial charge on any atom is 0.296 e. The number of thiazole rings is 1. The van der Waals surface area contributed by atoms with Gasteiger partial charge >= 0.3 is 0 Å². The van der Waals surface area contributed by atoms with Crippen LogP contribution in [0.5, 0.6) is 0 Å². The van der Waals surface area contributed by atoms with Crippen molar-refractivity contribution >= 4 is 54.5 Å². The molecule has 0 bridgehead atoms. The second kappa shape index (κ2) is 5.77. The summed E-state index contributed by atoms with van der Waals surface area (Å²) in [5.41, 5.74) is 0.285. The lowest BCUT2D eigenvalue weighted by Gasteiger charge is -2.08. The molecule has 1 heterocycles. The molecule has 8 nitrogen and oxygen atoms in total. The first-order valence-corrected chi connectivity index (χ1v) is 9.43. The van der Waals surface area contributed by atoms with Gasteiger partial charge in [-0.2, -0.15) is 8.42 Å².